The third-order valence-corrected chi connectivity index (χ3v) is 5.57. The summed E-state index contributed by atoms with van der Waals surface area (Å²) in [6.45, 7) is 0.588. The third-order valence-electron chi connectivity index (χ3n) is 5.17. The van der Waals surface area contributed by atoms with Crippen molar-refractivity contribution in [2.24, 2.45) is 0 Å². The smallest absolute Gasteiger partial charge is 0.258 e. The second-order valence-corrected chi connectivity index (χ2v) is 8.18. The Labute approximate surface area is 209 Å². The molecule has 0 saturated carbocycles. The Morgan fingerprint density at radius 2 is 1.80 bits per heavy atom. The van der Waals surface area contributed by atoms with Gasteiger partial charge in [-0.2, -0.15) is 0 Å². The van der Waals surface area contributed by atoms with E-state index >= 15 is 0 Å². The highest BCUT2D eigenvalue weighted by Crippen LogP contribution is 2.26. The molecule has 0 unspecified atom stereocenters. The molecular weight excluding hydrogens is 460 g/mol. The molecule has 0 saturated heterocycles. The number of methoxy groups -OCH3 is 1. The van der Waals surface area contributed by atoms with Gasteiger partial charge in [-0.1, -0.05) is 54.4 Å². The Morgan fingerprint density at radius 1 is 1.00 bits per heavy atom. The first-order valence-corrected chi connectivity index (χ1v) is 12.3. The van der Waals surface area contributed by atoms with Crippen LogP contribution in [0.15, 0.2) is 85.1 Å². The van der Waals surface area contributed by atoms with Crippen molar-refractivity contribution >= 4 is 29.4 Å². The predicted octanol–water partition coefficient (Wildman–Crippen LogP) is 5.72. The second kappa shape index (κ2) is 11.9. The van der Waals surface area contributed by atoms with E-state index in [0.717, 1.165) is 17.7 Å². The summed E-state index contributed by atoms with van der Waals surface area (Å²) < 4.78 is 14.2. The zero-order valence-electron chi connectivity index (χ0n) is 19.5. The number of benzene rings is 3. The molecule has 0 spiro atoms. The number of carbonyl (C=O) groups excluding carboxylic acids is 1. The van der Waals surface area contributed by atoms with E-state index in [2.05, 4.69) is 32.1 Å². The first kappa shape index (κ1) is 24.1. The molecular formula is C27H26N4O3S. The quantitative estimate of drug-likeness (QED) is 0.278. The fourth-order valence-electron chi connectivity index (χ4n) is 3.41. The minimum Gasteiger partial charge on any atom is -0.493 e. The molecule has 0 aliphatic rings. The van der Waals surface area contributed by atoms with Gasteiger partial charge in [-0.05, 0) is 42.0 Å². The molecule has 35 heavy (non-hydrogen) atoms. The van der Waals surface area contributed by atoms with Crippen LogP contribution in [0.25, 0.3) is 11.3 Å². The molecule has 0 radical (unpaired) electrons. The van der Waals surface area contributed by atoms with Crippen LogP contribution in [-0.2, 0) is 6.42 Å². The van der Waals surface area contributed by atoms with Crippen LogP contribution in [0.2, 0.25) is 0 Å². The summed E-state index contributed by atoms with van der Waals surface area (Å²) in [7, 11) is 1.54. The van der Waals surface area contributed by atoms with Crippen LogP contribution >= 0.6 is 11.9 Å². The Bertz CT molecular complexity index is 1270. The van der Waals surface area contributed by atoms with Gasteiger partial charge in [0.25, 0.3) is 11.8 Å². The van der Waals surface area contributed by atoms with Crippen LogP contribution in [0.1, 0.15) is 15.9 Å². The van der Waals surface area contributed by atoms with Crippen LogP contribution in [-0.4, -0.2) is 35.8 Å². The minimum atomic E-state index is -0.217. The summed E-state index contributed by atoms with van der Waals surface area (Å²) in [6.07, 6.45) is 4.38. The molecule has 2 N–H and O–H groups in total. The Hall–Kier alpha value is -4.04. The molecule has 4 aromatic rings. The zero-order valence-corrected chi connectivity index (χ0v) is 20.3. The molecule has 178 valence electrons. The van der Waals surface area contributed by atoms with Crippen LogP contribution in [0, 0.1) is 0 Å². The SMILES string of the molecule is COc1nc(-c2cccc(C(=O)Nc3ccc(OCCc4ccccc4)cc3)c2)cnc1NSC. The Kier molecular flexibility index (Phi) is 8.19. The van der Waals surface area contributed by atoms with Crippen LogP contribution < -0.4 is 19.5 Å². The molecule has 1 amide bonds. The predicted molar refractivity (Wildman–Crippen MR) is 141 cm³/mol. The maximum Gasteiger partial charge on any atom is 0.258 e. The normalized spacial score (nSPS) is 10.5. The van der Waals surface area contributed by atoms with E-state index in [1.165, 1.54) is 17.5 Å². The first-order chi connectivity index (χ1) is 17.2. The standard InChI is InChI=1S/C27H26N4O3S/c1-33-27-25(31-35-2)28-18-24(30-27)20-9-6-10-21(17-20)26(32)29-22-11-13-23(14-12-22)34-16-15-19-7-4-3-5-8-19/h3-14,17-18H,15-16H2,1-2H3,(H,28,31)(H,29,32). The number of ether oxygens (including phenoxy) is 2. The van der Waals surface area contributed by atoms with Crippen molar-refractivity contribution in [2.75, 3.05) is 30.0 Å². The van der Waals surface area contributed by atoms with Crippen molar-refractivity contribution in [1.29, 1.82) is 0 Å². The summed E-state index contributed by atoms with van der Waals surface area (Å²) in [6, 6.07) is 24.8. The highest BCUT2D eigenvalue weighted by Gasteiger charge is 2.12. The number of carbonyl (C=O) groups is 1. The topological polar surface area (TPSA) is 85.4 Å². The lowest BCUT2D eigenvalue weighted by Gasteiger charge is -2.10. The largest absolute Gasteiger partial charge is 0.493 e. The van der Waals surface area contributed by atoms with Crippen LogP contribution in [0.3, 0.4) is 0 Å². The van der Waals surface area contributed by atoms with Crippen molar-refractivity contribution < 1.29 is 14.3 Å². The number of aromatic nitrogens is 2. The number of rotatable bonds is 10. The average Bonchev–Trinajstić information content (AvgIpc) is 2.91. The molecule has 1 aromatic heterocycles. The lowest BCUT2D eigenvalue weighted by Crippen LogP contribution is -2.12. The molecule has 0 aliphatic heterocycles. The summed E-state index contributed by atoms with van der Waals surface area (Å²) in [5.41, 5.74) is 3.81. The highest BCUT2D eigenvalue weighted by molar-refractivity contribution is 7.99. The Morgan fingerprint density at radius 3 is 2.54 bits per heavy atom. The summed E-state index contributed by atoms with van der Waals surface area (Å²) in [4.78, 5) is 21.7. The maximum atomic E-state index is 12.9. The molecule has 0 fully saturated rings. The van der Waals surface area contributed by atoms with Crippen molar-refractivity contribution in [3.63, 3.8) is 0 Å². The van der Waals surface area contributed by atoms with E-state index < -0.39 is 0 Å². The van der Waals surface area contributed by atoms with E-state index in [0.29, 0.717) is 35.2 Å². The fraction of sp³-hybridized carbons (Fsp3) is 0.148. The van der Waals surface area contributed by atoms with E-state index in [1.807, 2.05) is 60.9 Å². The van der Waals surface area contributed by atoms with Gasteiger partial charge in [0, 0.05) is 29.5 Å². The van der Waals surface area contributed by atoms with Gasteiger partial charge < -0.3 is 19.5 Å². The van der Waals surface area contributed by atoms with Crippen LogP contribution in [0.4, 0.5) is 11.5 Å². The number of nitrogens with zero attached hydrogens (tertiary/aromatic N) is 2. The van der Waals surface area contributed by atoms with Gasteiger partial charge in [0.2, 0.25) is 0 Å². The van der Waals surface area contributed by atoms with Crippen molar-refractivity contribution in [2.45, 2.75) is 6.42 Å². The fourth-order valence-corrected chi connectivity index (χ4v) is 3.74. The monoisotopic (exact) mass is 486 g/mol. The van der Waals surface area contributed by atoms with Crippen molar-refractivity contribution in [3.8, 4) is 22.9 Å². The first-order valence-electron chi connectivity index (χ1n) is 11.0. The summed E-state index contributed by atoms with van der Waals surface area (Å²) >= 11 is 1.40. The van der Waals surface area contributed by atoms with Gasteiger partial charge in [0.1, 0.15) is 5.75 Å². The zero-order chi connectivity index (χ0) is 24.5. The van der Waals surface area contributed by atoms with Gasteiger partial charge >= 0.3 is 0 Å². The molecule has 0 atom stereocenters. The molecule has 1 heterocycles. The summed E-state index contributed by atoms with van der Waals surface area (Å²) in [5, 5.41) is 2.93. The second-order valence-electron chi connectivity index (χ2n) is 7.56. The average molecular weight is 487 g/mol. The molecule has 4 rings (SSSR count). The Balaban J connectivity index is 1.38. The van der Waals surface area contributed by atoms with Crippen molar-refractivity contribution in [3.05, 3.63) is 96.2 Å². The van der Waals surface area contributed by atoms with Crippen LogP contribution in [0.5, 0.6) is 11.6 Å². The molecule has 7 nitrogen and oxygen atoms in total. The number of hydrogen-bond acceptors (Lipinski definition) is 7. The molecule has 0 aliphatic carbocycles. The van der Waals surface area contributed by atoms with Gasteiger partial charge in [-0.25, -0.2) is 9.97 Å². The van der Waals surface area contributed by atoms with E-state index in [1.54, 1.807) is 25.4 Å². The number of nitrogens with one attached hydrogen (secondary N) is 2. The maximum absolute atomic E-state index is 12.9. The number of anilines is 2. The van der Waals surface area contributed by atoms with Crippen molar-refractivity contribution in [1.82, 2.24) is 9.97 Å². The van der Waals surface area contributed by atoms with E-state index in [4.69, 9.17) is 9.47 Å². The lowest BCUT2D eigenvalue weighted by atomic mass is 10.1. The number of amides is 1. The van der Waals surface area contributed by atoms with E-state index in [-0.39, 0.29) is 5.91 Å². The molecule has 0 bridgehead atoms. The minimum absolute atomic E-state index is 0.217. The molecule has 8 heteroatoms. The lowest BCUT2D eigenvalue weighted by molar-refractivity contribution is 0.102. The number of hydrogen-bond donors (Lipinski definition) is 2. The van der Waals surface area contributed by atoms with Gasteiger partial charge in [0.15, 0.2) is 5.82 Å². The highest BCUT2D eigenvalue weighted by atomic mass is 32.2. The van der Waals surface area contributed by atoms with Gasteiger partial charge in [0.05, 0.1) is 25.6 Å². The van der Waals surface area contributed by atoms with Gasteiger partial charge in [-0.15, -0.1) is 0 Å². The van der Waals surface area contributed by atoms with E-state index in [9.17, 15) is 4.79 Å². The van der Waals surface area contributed by atoms with Gasteiger partial charge in [-0.3, -0.25) is 4.79 Å². The summed E-state index contributed by atoms with van der Waals surface area (Å²) in [5.74, 6) is 1.47. The molecule has 3 aromatic carbocycles. The third kappa shape index (κ3) is 6.51.